The van der Waals surface area contributed by atoms with E-state index in [1.165, 1.54) is 7.11 Å². The first-order chi connectivity index (χ1) is 8.95. The van der Waals surface area contributed by atoms with Crippen LogP contribution in [0.5, 0.6) is 0 Å². The third-order valence-electron chi connectivity index (χ3n) is 2.09. The maximum Gasteiger partial charge on any atom is 0.342 e. The maximum absolute atomic E-state index is 11.5. The number of aromatic carboxylic acids is 1. The summed E-state index contributed by atoms with van der Waals surface area (Å²) in [6.07, 6.45) is 0.760. The molecule has 0 saturated carbocycles. The van der Waals surface area contributed by atoms with Gasteiger partial charge >= 0.3 is 11.9 Å². The molecule has 3 N–H and O–H groups in total. The zero-order chi connectivity index (χ0) is 14.4. The minimum absolute atomic E-state index is 0.00982. The fourth-order valence-corrected chi connectivity index (χ4v) is 1.13. The highest BCUT2D eigenvalue weighted by Crippen LogP contribution is 1.91. The lowest BCUT2D eigenvalue weighted by Crippen LogP contribution is -2.31. The summed E-state index contributed by atoms with van der Waals surface area (Å²) in [5, 5.41) is 10.9. The largest absolute Gasteiger partial charge is 0.477 e. The molecule has 0 fully saturated rings. The molecule has 0 spiro atoms. The molecule has 0 radical (unpaired) electrons. The van der Waals surface area contributed by atoms with Crippen molar-refractivity contribution in [2.75, 3.05) is 13.7 Å². The van der Waals surface area contributed by atoms with Crippen LogP contribution in [0.1, 0.15) is 27.4 Å². The number of ether oxygens (including phenoxy) is 1. The Balaban J connectivity index is 2.68. The van der Waals surface area contributed by atoms with Crippen molar-refractivity contribution in [2.45, 2.75) is 6.42 Å². The summed E-state index contributed by atoms with van der Waals surface area (Å²) < 4.78 is 4.37. The first-order valence-electron chi connectivity index (χ1n) is 5.13. The maximum atomic E-state index is 11.5. The van der Waals surface area contributed by atoms with Gasteiger partial charge in [-0.05, 0) is 0 Å². The van der Waals surface area contributed by atoms with E-state index in [-0.39, 0.29) is 18.8 Å². The molecule has 0 aliphatic rings. The van der Waals surface area contributed by atoms with Crippen molar-refractivity contribution in [2.24, 2.45) is 0 Å². The van der Waals surface area contributed by atoms with Gasteiger partial charge in [0.25, 0.3) is 11.5 Å². The minimum atomic E-state index is -1.44. The van der Waals surface area contributed by atoms with Crippen LogP contribution < -0.4 is 10.9 Å². The van der Waals surface area contributed by atoms with Crippen LogP contribution in [0.25, 0.3) is 0 Å². The number of nitrogens with one attached hydrogen (secondary N) is 2. The standard InChI is InChI=1S/C10H11N3O6/c1-19-6(14)2-3-11-9(16)7-12-4-5(10(17)18)8(15)13-7/h4H,2-3H2,1H3,(H,11,16)(H,17,18)(H,12,13,15). The number of carboxylic acids is 1. The van der Waals surface area contributed by atoms with E-state index >= 15 is 0 Å². The number of carboxylic acid groups (broad SMARTS) is 1. The smallest absolute Gasteiger partial charge is 0.342 e. The lowest BCUT2D eigenvalue weighted by Gasteiger charge is -2.03. The van der Waals surface area contributed by atoms with Crippen LogP contribution in [0.3, 0.4) is 0 Å². The number of carbonyl (C=O) groups is 3. The summed E-state index contributed by atoms with van der Waals surface area (Å²) in [6.45, 7) is 0.00982. The number of nitrogens with zero attached hydrogens (tertiary/aromatic N) is 1. The molecule has 0 unspecified atom stereocenters. The number of aromatic amines is 1. The van der Waals surface area contributed by atoms with E-state index in [4.69, 9.17) is 5.11 Å². The Morgan fingerprint density at radius 2 is 2.16 bits per heavy atom. The van der Waals surface area contributed by atoms with Gasteiger partial charge in [0.15, 0.2) is 5.82 Å². The quantitative estimate of drug-likeness (QED) is 0.568. The van der Waals surface area contributed by atoms with E-state index in [0.29, 0.717) is 0 Å². The summed E-state index contributed by atoms with van der Waals surface area (Å²) in [7, 11) is 1.22. The Hall–Kier alpha value is -2.71. The number of hydrogen-bond donors (Lipinski definition) is 3. The van der Waals surface area contributed by atoms with Gasteiger partial charge in [0, 0.05) is 12.7 Å². The highest BCUT2D eigenvalue weighted by atomic mass is 16.5. The average Bonchev–Trinajstić information content (AvgIpc) is 2.37. The molecule has 0 bridgehead atoms. The summed E-state index contributed by atoms with van der Waals surface area (Å²) in [6, 6.07) is 0. The monoisotopic (exact) mass is 269 g/mol. The predicted molar refractivity (Wildman–Crippen MR) is 60.8 cm³/mol. The molecule has 1 rings (SSSR count). The predicted octanol–water partition coefficient (Wildman–Crippen LogP) is -1.24. The van der Waals surface area contributed by atoms with Crippen molar-refractivity contribution in [1.29, 1.82) is 0 Å². The Labute approximate surface area is 106 Å². The normalized spacial score (nSPS) is 9.74. The van der Waals surface area contributed by atoms with Crippen LogP contribution in [-0.4, -0.2) is 46.6 Å². The van der Waals surface area contributed by atoms with Gasteiger partial charge in [-0.3, -0.25) is 14.4 Å². The van der Waals surface area contributed by atoms with Gasteiger partial charge in [0.1, 0.15) is 5.56 Å². The summed E-state index contributed by atoms with van der Waals surface area (Å²) in [4.78, 5) is 49.7. The molecule has 0 aromatic carbocycles. The minimum Gasteiger partial charge on any atom is -0.477 e. The fourth-order valence-electron chi connectivity index (χ4n) is 1.13. The third kappa shape index (κ3) is 3.91. The van der Waals surface area contributed by atoms with E-state index < -0.39 is 29.0 Å². The van der Waals surface area contributed by atoms with Crippen LogP contribution in [0.2, 0.25) is 0 Å². The topological polar surface area (TPSA) is 138 Å². The summed E-state index contributed by atoms with van der Waals surface area (Å²) in [5.74, 6) is -2.99. The third-order valence-corrected chi connectivity index (χ3v) is 2.09. The second-order valence-corrected chi connectivity index (χ2v) is 3.36. The molecular weight excluding hydrogens is 258 g/mol. The van der Waals surface area contributed by atoms with Crippen LogP contribution in [0.4, 0.5) is 0 Å². The molecule has 1 heterocycles. The number of rotatable bonds is 5. The van der Waals surface area contributed by atoms with Crippen LogP contribution in [0, 0.1) is 0 Å². The molecule has 0 saturated heterocycles. The van der Waals surface area contributed by atoms with E-state index in [9.17, 15) is 19.2 Å². The highest BCUT2D eigenvalue weighted by molar-refractivity contribution is 5.91. The van der Waals surface area contributed by atoms with Gasteiger partial charge in [-0.1, -0.05) is 0 Å². The van der Waals surface area contributed by atoms with Crippen LogP contribution in [-0.2, 0) is 9.53 Å². The Morgan fingerprint density at radius 1 is 1.47 bits per heavy atom. The van der Waals surface area contributed by atoms with Crippen molar-refractivity contribution in [3.05, 3.63) is 27.9 Å². The van der Waals surface area contributed by atoms with Crippen LogP contribution >= 0.6 is 0 Å². The first kappa shape index (κ1) is 14.4. The van der Waals surface area contributed by atoms with Crippen molar-refractivity contribution < 1.29 is 24.2 Å². The Morgan fingerprint density at radius 3 is 2.68 bits per heavy atom. The Bertz CT molecular complexity index is 565. The summed E-state index contributed by atoms with van der Waals surface area (Å²) >= 11 is 0. The van der Waals surface area contributed by atoms with E-state index in [1.54, 1.807) is 0 Å². The van der Waals surface area contributed by atoms with Crippen molar-refractivity contribution in [3.63, 3.8) is 0 Å². The van der Waals surface area contributed by atoms with Gasteiger partial charge in [-0.2, -0.15) is 0 Å². The number of methoxy groups -OCH3 is 1. The number of aromatic nitrogens is 2. The molecule has 9 heteroatoms. The molecule has 1 aromatic rings. The van der Waals surface area contributed by atoms with E-state index in [2.05, 4.69) is 15.0 Å². The number of H-pyrrole nitrogens is 1. The number of carbonyl (C=O) groups excluding carboxylic acids is 2. The lowest BCUT2D eigenvalue weighted by atomic mass is 10.3. The number of hydrogen-bond acceptors (Lipinski definition) is 6. The van der Waals surface area contributed by atoms with Crippen molar-refractivity contribution in [1.82, 2.24) is 15.3 Å². The van der Waals surface area contributed by atoms with Crippen molar-refractivity contribution in [3.8, 4) is 0 Å². The molecular formula is C10H11N3O6. The van der Waals surface area contributed by atoms with Gasteiger partial charge in [-0.15, -0.1) is 0 Å². The lowest BCUT2D eigenvalue weighted by molar-refractivity contribution is -0.140. The molecule has 0 atom stereocenters. The van der Waals surface area contributed by atoms with Crippen LogP contribution in [0.15, 0.2) is 11.0 Å². The first-order valence-corrected chi connectivity index (χ1v) is 5.13. The van der Waals surface area contributed by atoms with Gasteiger partial charge < -0.3 is 20.1 Å². The molecule has 0 aliphatic heterocycles. The van der Waals surface area contributed by atoms with E-state index in [1.807, 2.05) is 4.98 Å². The van der Waals surface area contributed by atoms with Gasteiger partial charge in [0.05, 0.1) is 13.5 Å². The average molecular weight is 269 g/mol. The number of amides is 1. The molecule has 102 valence electrons. The molecule has 9 nitrogen and oxygen atoms in total. The Kier molecular flexibility index (Phi) is 4.75. The second-order valence-electron chi connectivity index (χ2n) is 3.36. The molecule has 1 aromatic heterocycles. The van der Waals surface area contributed by atoms with E-state index in [0.717, 1.165) is 6.20 Å². The second kappa shape index (κ2) is 6.28. The van der Waals surface area contributed by atoms with Crippen molar-refractivity contribution >= 4 is 17.8 Å². The molecule has 0 aliphatic carbocycles. The fraction of sp³-hybridized carbons (Fsp3) is 0.300. The highest BCUT2D eigenvalue weighted by Gasteiger charge is 2.14. The summed E-state index contributed by atoms with van der Waals surface area (Å²) in [5.41, 5.74) is -1.49. The SMILES string of the molecule is COC(=O)CCNC(=O)c1ncc(C(=O)O)c(=O)[nH]1. The zero-order valence-electron chi connectivity index (χ0n) is 9.93. The molecule has 1 amide bonds. The van der Waals surface area contributed by atoms with Gasteiger partial charge in [-0.25, -0.2) is 9.78 Å². The zero-order valence-corrected chi connectivity index (χ0v) is 9.93. The number of esters is 1. The van der Waals surface area contributed by atoms with Gasteiger partial charge in [0.2, 0.25) is 0 Å². The molecule has 19 heavy (non-hydrogen) atoms.